The van der Waals surface area contributed by atoms with Gasteiger partial charge < -0.3 is 10.3 Å². The third kappa shape index (κ3) is 2.81. The molecule has 3 rings (SSSR count). The molecule has 7 heteroatoms. The molecule has 2 aromatic carbocycles. The Bertz CT molecular complexity index is 808. The summed E-state index contributed by atoms with van der Waals surface area (Å²) in [6, 6.07) is 9.71. The number of anilines is 2. The van der Waals surface area contributed by atoms with E-state index in [1.54, 1.807) is 37.3 Å². The molecule has 23 heavy (non-hydrogen) atoms. The number of carbonyl (C=O) groups excluding carboxylic acids is 2. The molecule has 1 heterocycles. The number of nitrogens with two attached hydrogens (primary N) is 1. The average molecular weight is 351 g/mol. The van der Waals surface area contributed by atoms with Crippen molar-refractivity contribution >= 4 is 46.8 Å². The predicted octanol–water partition coefficient (Wildman–Crippen LogP) is 2.54. The minimum absolute atomic E-state index is 0. The largest absolute Gasteiger partial charge is 0.612 e. The van der Waals surface area contributed by atoms with E-state index in [4.69, 9.17) is 5.73 Å². The zero-order chi connectivity index (χ0) is 16.0. The van der Waals surface area contributed by atoms with Crippen LogP contribution in [0.2, 0.25) is 0 Å². The lowest BCUT2D eigenvalue weighted by molar-refractivity contribution is 0.0926. The monoisotopic (exact) mass is 350 g/mol. The van der Waals surface area contributed by atoms with Crippen molar-refractivity contribution in [1.82, 2.24) is 0 Å². The van der Waals surface area contributed by atoms with Crippen LogP contribution in [0.15, 0.2) is 41.3 Å². The Morgan fingerprint density at radius 3 is 2.30 bits per heavy atom. The summed E-state index contributed by atoms with van der Waals surface area (Å²) in [6.07, 6.45) is 1.53. The van der Waals surface area contributed by atoms with Gasteiger partial charge in [0.05, 0.1) is 16.8 Å². The lowest BCUT2D eigenvalue weighted by atomic mass is 10.1. The van der Waals surface area contributed by atoms with Crippen LogP contribution < -0.4 is 10.6 Å². The molecular weight excluding hydrogens is 336 g/mol. The van der Waals surface area contributed by atoms with Gasteiger partial charge in [-0.05, 0) is 54.0 Å². The van der Waals surface area contributed by atoms with Crippen LogP contribution in [-0.4, -0.2) is 22.6 Å². The number of carbonyl (C=O) groups is 2. The molecule has 1 aliphatic rings. The molecule has 5 nitrogen and oxygen atoms in total. The van der Waals surface area contributed by atoms with Crippen molar-refractivity contribution in [2.75, 3.05) is 16.9 Å². The van der Waals surface area contributed by atoms with Gasteiger partial charge >= 0.3 is 0 Å². The van der Waals surface area contributed by atoms with E-state index < -0.39 is 17.1 Å². The summed E-state index contributed by atoms with van der Waals surface area (Å²) in [5, 5.41) is 0. The lowest BCUT2D eigenvalue weighted by Crippen LogP contribution is -2.30. The summed E-state index contributed by atoms with van der Waals surface area (Å²) in [5.74, 6) is -0.776. The molecule has 1 aliphatic heterocycles. The second-order valence-corrected chi connectivity index (χ2v) is 6.53. The van der Waals surface area contributed by atoms with Gasteiger partial charge in [0.1, 0.15) is 6.26 Å². The number of aryl methyl sites for hydroxylation is 1. The predicted molar refractivity (Wildman–Crippen MR) is 92.8 cm³/mol. The van der Waals surface area contributed by atoms with Gasteiger partial charge in [0, 0.05) is 11.8 Å². The van der Waals surface area contributed by atoms with Gasteiger partial charge in [0.25, 0.3) is 11.8 Å². The van der Waals surface area contributed by atoms with E-state index >= 15 is 0 Å². The Kier molecular flexibility index (Phi) is 4.70. The number of rotatable bonds is 2. The van der Waals surface area contributed by atoms with Gasteiger partial charge in [-0.25, -0.2) is 4.90 Å². The highest BCUT2D eigenvalue weighted by Gasteiger charge is 2.38. The van der Waals surface area contributed by atoms with Gasteiger partial charge in [-0.3, -0.25) is 9.59 Å². The summed E-state index contributed by atoms with van der Waals surface area (Å²) in [7, 11) is 0. The Hall–Kier alpha value is -2.02. The van der Waals surface area contributed by atoms with Crippen LogP contribution in [0, 0.1) is 6.92 Å². The second kappa shape index (κ2) is 6.23. The van der Waals surface area contributed by atoms with Gasteiger partial charge in [0.15, 0.2) is 4.90 Å². The standard InChI is InChI=1S/C16H14N2O3S.ClH/c1-9-7-10(17)3-6-14(9)18-15(19)12-5-4-11(22(2)21)8-13(12)16(18)20;/h3-8H,17H2,1-2H3;1H. The summed E-state index contributed by atoms with van der Waals surface area (Å²) in [4.78, 5) is 26.8. The molecule has 2 N–H and O–H groups in total. The molecule has 120 valence electrons. The highest BCUT2D eigenvalue weighted by atomic mass is 35.5. The number of hydrogen-bond donors (Lipinski definition) is 1. The van der Waals surface area contributed by atoms with E-state index in [1.807, 2.05) is 0 Å². The Balaban J connectivity index is 0.00000192. The van der Waals surface area contributed by atoms with E-state index in [1.165, 1.54) is 12.3 Å². The molecule has 0 saturated carbocycles. The summed E-state index contributed by atoms with van der Waals surface area (Å²) in [5.41, 5.74) is 8.15. The van der Waals surface area contributed by atoms with Gasteiger partial charge in [-0.2, -0.15) is 0 Å². The first-order valence-electron chi connectivity index (χ1n) is 6.62. The van der Waals surface area contributed by atoms with Gasteiger partial charge in [0.2, 0.25) is 0 Å². The van der Waals surface area contributed by atoms with Crippen LogP contribution >= 0.6 is 12.4 Å². The summed E-state index contributed by atoms with van der Waals surface area (Å²) >= 11 is -1.21. The molecule has 0 fully saturated rings. The third-order valence-electron chi connectivity index (χ3n) is 3.65. The van der Waals surface area contributed by atoms with Crippen molar-refractivity contribution in [3.63, 3.8) is 0 Å². The quantitative estimate of drug-likeness (QED) is 0.512. The van der Waals surface area contributed by atoms with Crippen molar-refractivity contribution in [2.45, 2.75) is 11.8 Å². The van der Waals surface area contributed by atoms with Gasteiger partial charge in [-0.1, -0.05) is 0 Å². The fourth-order valence-corrected chi connectivity index (χ4v) is 3.09. The summed E-state index contributed by atoms with van der Waals surface area (Å²) < 4.78 is 11.6. The number of nitrogen functional groups attached to an aromatic ring is 1. The van der Waals surface area contributed by atoms with E-state index in [-0.39, 0.29) is 23.9 Å². The molecule has 0 saturated heterocycles. The fourth-order valence-electron chi connectivity index (χ4n) is 2.55. The van der Waals surface area contributed by atoms with Crippen LogP contribution in [0.3, 0.4) is 0 Å². The van der Waals surface area contributed by atoms with Crippen LogP contribution in [0.5, 0.6) is 0 Å². The molecule has 0 radical (unpaired) electrons. The zero-order valence-electron chi connectivity index (χ0n) is 12.5. The number of amides is 2. The molecule has 2 aromatic rings. The van der Waals surface area contributed by atoms with Gasteiger partial charge in [-0.15, -0.1) is 12.4 Å². The minimum Gasteiger partial charge on any atom is -0.612 e. The molecular formula is C16H15ClN2O3S. The van der Waals surface area contributed by atoms with Crippen molar-refractivity contribution < 1.29 is 14.1 Å². The molecule has 0 aliphatic carbocycles. The number of benzene rings is 2. The van der Waals surface area contributed by atoms with Crippen molar-refractivity contribution in [3.05, 3.63) is 53.1 Å². The maximum absolute atomic E-state index is 12.6. The average Bonchev–Trinajstić information content (AvgIpc) is 2.71. The first kappa shape index (κ1) is 17.3. The lowest BCUT2D eigenvalue weighted by Gasteiger charge is -2.16. The van der Waals surface area contributed by atoms with Crippen molar-refractivity contribution in [1.29, 1.82) is 0 Å². The first-order chi connectivity index (χ1) is 10.4. The first-order valence-corrected chi connectivity index (χ1v) is 8.18. The minimum atomic E-state index is -1.21. The topological polar surface area (TPSA) is 86.5 Å². The number of nitrogens with zero attached hydrogens (tertiary/aromatic N) is 1. The normalized spacial score (nSPS) is 14.5. The fraction of sp³-hybridized carbons (Fsp3) is 0.125. The van der Waals surface area contributed by atoms with Crippen LogP contribution in [-0.2, 0) is 11.2 Å². The number of fused-ring (bicyclic) bond motifs is 1. The van der Waals surface area contributed by atoms with E-state index in [9.17, 15) is 14.1 Å². The Labute approximate surface area is 143 Å². The molecule has 1 unspecified atom stereocenters. The second-order valence-electron chi connectivity index (χ2n) is 5.15. The smallest absolute Gasteiger partial charge is 0.266 e. The number of hydrogen-bond acceptors (Lipinski definition) is 4. The molecule has 0 aromatic heterocycles. The van der Waals surface area contributed by atoms with Crippen LogP contribution in [0.25, 0.3) is 0 Å². The van der Waals surface area contributed by atoms with Crippen molar-refractivity contribution in [2.24, 2.45) is 0 Å². The van der Waals surface area contributed by atoms with Crippen molar-refractivity contribution in [3.8, 4) is 0 Å². The maximum Gasteiger partial charge on any atom is 0.266 e. The number of imide groups is 1. The van der Waals surface area contributed by atoms with Crippen LogP contribution in [0.1, 0.15) is 26.3 Å². The van der Waals surface area contributed by atoms with Crippen LogP contribution in [0.4, 0.5) is 11.4 Å². The van der Waals surface area contributed by atoms with E-state index in [0.717, 1.165) is 10.5 Å². The summed E-state index contributed by atoms with van der Waals surface area (Å²) in [6.45, 7) is 1.79. The number of halogens is 1. The Morgan fingerprint density at radius 2 is 1.70 bits per heavy atom. The SMILES string of the molecule is Cc1cc(N)ccc1N1C(=O)c2ccc([S+](C)[O-])cc2C1=O.Cl. The third-order valence-corrected chi connectivity index (χ3v) is 4.57. The zero-order valence-corrected chi connectivity index (χ0v) is 14.2. The molecule has 0 spiro atoms. The van der Waals surface area contributed by atoms with E-state index in [2.05, 4.69) is 0 Å². The molecule has 1 atom stereocenters. The highest BCUT2D eigenvalue weighted by molar-refractivity contribution is 7.90. The molecule has 2 amide bonds. The Morgan fingerprint density at radius 1 is 1.04 bits per heavy atom. The highest BCUT2D eigenvalue weighted by Crippen LogP contribution is 2.32. The maximum atomic E-state index is 12.6. The molecule has 0 bridgehead atoms. The van der Waals surface area contributed by atoms with E-state index in [0.29, 0.717) is 21.8 Å².